The number of nitrogens with one attached hydrogen (secondary N) is 1. The summed E-state index contributed by atoms with van der Waals surface area (Å²) in [5.41, 5.74) is 2.07. The van der Waals surface area contributed by atoms with Gasteiger partial charge in [-0.15, -0.1) is 6.42 Å². The second-order valence-corrected chi connectivity index (χ2v) is 4.94. The molecule has 90 valence electrons. The average Bonchev–Trinajstić information content (AvgIpc) is 2.78. The van der Waals surface area contributed by atoms with Crippen molar-refractivity contribution in [3.63, 3.8) is 0 Å². The lowest BCUT2D eigenvalue weighted by Crippen LogP contribution is -2.31. The molecule has 0 aromatic heterocycles. The zero-order valence-corrected chi connectivity index (χ0v) is 10.6. The van der Waals surface area contributed by atoms with Crippen molar-refractivity contribution >= 4 is 5.69 Å². The standard InChI is InChI=1S/C15H20N2/c1-4-13-6-5-7-14(10-13)16-15-8-9-17(11-15)12(2)3/h1,5-7,10,12,15-16H,8-9,11H2,2-3H3. The molecule has 1 aliphatic heterocycles. The lowest BCUT2D eigenvalue weighted by atomic mass is 10.2. The Kier molecular flexibility index (Phi) is 3.71. The van der Waals surface area contributed by atoms with Gasteiger partial charge in [0, 0.05) is 36.4 Å². The highest BCUT2D eigenvalue weighted by molar-refractivity contribution is 5.50. The molecule has 1 aromatic rings. The predicted molar refractivity (Wildman–Crippen MR) is 73.1 cm³/mol. The van der Waals surface area contributed by atoms with E-state index in [1.807, 2.05) is 18.2 Å². The van der Waals surface area contributed by atoms with Gasteiger partial charge in [-0.05, 0) is 38.5 Å². The number of hydrogen-bond acceptors (Lipinski definition) is 2. The molecule has 1 saturated heterocycles. The molecule has 2 nitrogen and oxygen atoms in total. The van der Waals surface area contributed by atoms with Crippen molar-refractivity contribution in [1.29, 1.82) is 0 Å². The van der Waals surface area contributed by atoms with Gasteiger partial charge in [0.15, 0.2) is 0 Å². The van der Waals surface area contributed by atoms with Gasteiger partial charge >= 0.3 is 0 Å². The van der Waals surface area contributed by atoms with Gasteiger partial charge in [-0.3, -0.25) is 4.90 Å². The number of likely N-dealkylation sites (tertiary alicyclic amines) is 1. The van der Waals surface area contributed by atoms with Crippen LogP contribution in [0.25, 0.3) is 0 Å². The van der Waals surface area contributed by atoms with Crippen molar-refractivity contribution in [3.05, 3.63) is 29.8 Å². The summed E-state index contributed by atoms with van der Waals surface area (Å²) in [6.45, 7) is 6.81. The maximum atomic E-state index is 5.40. The molecule has 0 saturated carbocycles. The minimum atomic E-state index is 0.547. The molecule has 0 bridgehead atoms. The first-order valence-electron chi connectivity index (χ1n) is 6.26. The van der Waals surface area contributed by atoms with Gasteiger partial charge in [0.1, 0.15) is 0 Å². The molecule has 2 heteroatoms. The Balaban J connectivity index is 1.96. The summed E-state index contributed by atoms with van der Waals surface area (Å²) in [5, 5.41) is 3.56. The Labute approximate surface area is 104 Å². The van der Waals surface area contributed by atoms with Crippen molar-refractivity contribution in [3.8, 4) is 12.3 Å². The fourth-order valence-corrected chi connectivity index (χ4v) is 2.31. The van der Waals surface area contributed by atoms with Gasteiger partial charge in [-0.25, -0.2) is 0 Å². The van der Waals surface area contributed by atoms with Crippen LogP contribution in [-0.2, 0) is 0 Å². The van der Waals surface area contributed by atoms with E-state index in [4.69, 9.17) is 6.42 Å². The van der Waals surface area contributed by atoms with Gasteiger partial charge in [0.2, 0.25) is 0 Å². The first-order chi connectivity index (χ1) is 8.19. The highest BCUT2D eigenvalue weighted by Crippen LogP contribution is 2.18. The lowest BCUT2D eigenvalue weighted by Gasteiger charge is -2.20. The predicted octanol–water partition coefficient (Wildman–Crippen LogP) is 2.56. The van der Waals surface area contributed by atoms with E-state index < -0.39 is 0 Å². The summed E-state index contributed by atoms with van der Waals surface area (Å²) in [5.74, 6) is 2.67. The summed E-state index contributed by atoms with van der Waals surface area (Å²) in [4.78, 5) is 2.50. The van der Waals surface area contributed by atoms with Crippen molar-refractivity contribution in [2.45, 2.75) is 32.4 Å². The van der Waals surface area contributed by atoms with Crippen LogP contribution in [0.1, 0.15) is 25.8 Å². The van der Waals surface area contributed by atoms with E-state index in [1.54, 1.807) is 0 Å². The van der Waals surface area contributed by atoms with Crippen molar-refractivity contribution < 1.29 is 0 Å². The van der Waals surface area contributed by atoms with Crippen LogP contribution in [0.3, 0.4) is 0 Å². The second-order valence-electron chi connectivity index (χ2n) is 4.94. The molecule has 1 N–H and O–H groups in total. The van der Waals surface area contributed by atoms with Gasteiger partial charge < -0.3 is 5.32 Å². The Morgan fingerprint density at radius 2 is 2.29 bits per heavy atom. The smallest absolute Gasteiger partial charge is 0.0400 e. The van der Waals surface area contributed by atoms with Gasteiger partial charge in [0.25, 0.3) is 0 Å². The highest BCUT2D eigenvalue weighted by atomic mass is 15.2. The molecular formula is C15H20N2. The fourth-order valence-electron chi connectivity index (χ4n) is 2.31. The molecule has 1 unspecified atom stereocenters. The molecular weight excluding hydrogens is 208 g/mol. The van der Waals surface area contributed by atoms with Crippen LogP contribution >= 0.6 is 0 Å². The zero-order valence-electron chi connectivity index (χ0n) is 10.6. The number of anilines is 1. The first kappa shape index (κ1) is 12.0. The van der Waals surface area contributed by atoms with E-state index in [-0.39, 0.29) is 0 Å². The number of terminal acetylenes is 1. The first-order valence-corrected chi connectivity index (χ1v) is 6.26. The average molecular weight is 228 g/mol. The molecule has 0 amide bonds. The second kappa shape index (κ2) is 5.25. The number of nitrogens with zero attached hydrogens (tertiary/aromatic N) is 1. The van der Waals surface area contributed by atoms with E-state index >= 15 is 0 Å². The molecule has 1 fully saturated rings. The molecule has 0 radical (unpaired) electrons. The monoisotopic (exact) mass is 228 g/mol. The van der Waals surface area contributed by atoms with Crippen molar-refractivity contribution in [2.24, 2.45) is 0 Å². The quantitative estimate of drug-likeness (QED) is 0.800. The highest BCUT2D eigenvalue weighted by Gasteiger charge is 2.23. The third-order valence-electron chi connectivity index (χ3n) is 3.35. The number of rotatable bonds is 3. The Bertz CT molecular complexity index is 417. The number of benzene rings is 1. The van der Waals surface area contributed by atoms with Gasteiger partial charge in [0.05, 0.1) is 0 Å². The third kappa shape index (κ3) is 3.01. The lowest BCUT2D eigenvalue weighted by molar-refractivity contribution is 0.274. The molecule has 0 spiro atoms. The Morgan fingerprint density at radius 3 is 2.94 bits per heavy atom. The molecule has 1 aliphatic rings. The normalized spacial score (nSPS) is 20.5. The minimum Gasteiger partial charge on any atom is -0.381 e. The topological polar surface area (TPSA) is 15.3 Å². The van der Waals surface area contributed by atoms with Crippen LogP contribution in [0.2, 0.25) is 0 Å². The van der Waals surface area contributed by atoms with Crippen molar-refractivity contribution in [1.82, 2.24) is 4.90 Å². The van der Waals surface area contributed by atoms with Crippen LogP contribution < -0.4 is 5.32 Å². The molecule has 0 aliphatic carbocycles. The van der Waals surface area contributed by atoms with Crippen LogP contribution in [-0.4, -0.2) is 30.1 Å². The van der Waals surface area contributed by atoms with Crippen LogP contribution in [0, 0.1) is 12.3 Å². The van der Waals surface area contributed by atoms with Crippen LogP contribution in [0.15, 0.2) is 24.3 Å². The van der Waals surface area contributed by atoms with E-state index in [1.165, 1.54) is 13.0 Å². The SMILES string of the molecule is C#Cc1cccc(NC2CCN(C(C)C)C2)c1. The van der Waals surface area contributed by atoms with Crippen molar-refractivity contribution in [2.75, 3.05) is 18.4 Å². The van der Waals surface area contributed by atoms with E-state index in [9.17, 15) is 0 Å². The summed E-state index contributed by atoms with van der Waals surface area (Å²) in [7, 11) is 0. The number of hydrogen-bond donors (Lipinski definition) is 1. The zero-order chi connectivity index (χ0) is 12.3. The summed E-state index contributed by atoms with van der Waals surface area (Å²) in [6, 6.07) is 9.27. The molecule has 17 heavy (non-hydrogen) atoms. The maximum Gasteiger partial charge on any atom is 0.0400 e. The van der Waals surface area contributed by atoms with Crippen LogP contribution in [0.5, 0.6) is 0 Å². The largest absolute Gasteiger partial charge is 0.381 e. The third-order valence-corrected chi connectivity index (χ3v) is 3.35. The summed E-state index contributed by atoms with van der Waals surface area (Å²) >= 11 is 0. The minimum absolute atomic E-state index is 0.547. The summed E-state index contributed by atoms with van der Waals surface area (Å²) in [6.07, 6.45) is 6.61. The maximum absolute atomic E-state index is 5.40. The summed E-state index contributed by atoms with van der Waals surface area (Å²) < 4.78 is 0. The molecule has 1 atom stereocenters. The molecule has 1 heterocycles. The molecule has 1 aromatic carbocycles. The Morgan fingerprint density at radius 1 is 1.47 bits per heavy atom. The van der Waals surface area contributed by atoms with Gasteiger partial charge in [-0.2, -0.15) is 0 Å². The van der Waals surface area contributed by atoms with E-state index in [2.05, 4.69) is 36.1 Å². The fraction of sp³-hybridized carbons (Fsp3) is 0.467. The Hall–Kier alpha value is -1.46. The molecule has 2 rings (SSSR count). The van der Waals surface area contributed by atoms with E-state index in [0.717, 1.165) is 17.8 Å². The van der Waals surface area contributed by atoms with Crippen LogP contribution in [0.4, 0.5) is 5.69 Å². The van der Waals surface area contributed by atoms with Gasteiger partial charge in [-0.1, -0.05) is 12.0 Å². The van der Waals surface area contributed by atoms with E-state index in [0.29, 0.717) is 12.1 Å².